The second-order valence-electron chi connectivity index (χ2n) is 19.9. The zero-order chi connectivity index (χ0) is 46.5. The fourth-order valence-corrected chi connectivity index (χ4v) is 9.02. The van der Waals surface area contributed by atoms with Crippen LogP contribution < -0.4 is 5.32 Å². The Labute approximate surface area is 400 Å². The van der Waals surface area contributed by atoms with Crippen molar-refractivity contribution >= 4 is 5.91 Å². The average Bonchev–Trinajstić information content (AvgIpc) is 3.29. The predicted octanol–water partition coefficient (Wildman–Crippen LogP) is 17.8. The van der Waals surface area contributed by atoms with Gasteiger partial charge in [-0.1, -0.05) is 294 Å². The average molecular weight is 901 g/mol. The van der Waals surface area contributed by atoms with Crippen LogP contribution in [0, 0.1) is 0 Å². The second kappa shape index (κ2) is 54.2. The van der Waals surface area contributed by atoms with E-state index in [4.69, 9.17) is 0 Å². The number of aliphatic hydroxyl groups is 3. The van der Waals surface area contributed by atoms with E-state index in [0.717, 1.165) is 38.5 Å². The Morgan fingerprint density at radius 3 is 1.00 bits per heavy atom. The summed E-state index contributed by atoms with van der Waals surface area (Å²) in [5.74, 6) is -0.324. The zero-order valence-corrected chi connectivity index (χ0v) is 43.2. The Balaban J connectivity index is 3.60. The molecule has 0 rings (SSSR count). The van der Waals surface area contributed by atoms with E-state index in [1.807, 2.05) is 6.08 Å². The molecular formula is C59H113NO4. The largest absolute Gasteiger partial charge is 0.394 e. The van der Waals surface area contributed by atoms with Gasteiger partial charge in [-0.05, 0) is 44.9 Å². The van der Waals surface area contributed by atoms with Gasteiger partial charge in [-0.2, -0.15) is 0 Å². The standard InChI is InChI=1S/C59H113NO4/c1-3-5-7-9-11-13-15-17-19-21-23-25-27-28-29-31-32-34-36-38-40-42-44-46-48-50-52-56(62)54-59(64)60-57(55-61)58(63)53-51-49-47-45-43-41-39-37-35-33-30-26-24-22-20-18-16-14-12-10-8-6-4-2/h35,37,43,45,51,53,56-58,61-63H,3-34,36,38-42,44,46-50,52,54-55H2,1-2H3,(H,60,64)/b37-35+,45-43+,53-51+. The molecule has 0 bridgehead atoms. The van der Waals surface area contributed by atoms with Crippen molar-refractivity contribution in [2.24, 2.45) is 0 Å². The molecule has 0 aromatic heterocycles. The van der Waals surface area contributed by atoms with Crippen molar-refractivity contribution < 1.29 is 20.1 Å². The number of carbonyl (C=O) groups is 1. The molecule has 378 valence electrons. The van der Waals surface area contributed by atoms with Crippen molar-refractivity contribution in [1.82, 2.24) is 5.32 Å². The van der Waals surface area contributed by atoms with Crippen LogP contribution in [-0.2, 0) is 4.79 Å². The van der Waals surface area contributed by atoms with Gasteiger partial charge >= 0.3 is 0 Å². The van der Waals surface area contributed by atoms with Crippen LogP contribution in [0.25, 0.3) is 0 Å². The first kappa shape index (κ1) is 62.6. The quantitative estimate of drug-likeness (QED) is 0.0362. The number of hydrogen-bond acceptors (Lipinski definition) is 4. The van der Waals surface area contributed by atoms with Crippen LogP contribution in [0.15, 0.2) is 36.5 Å². The molecule has 0 heterocycles. The van der Waals surface area contributed by atoms with Gasteiger partial charge in [0.25, 0.3) is 0 Å². The smallest absolute Gasteiger partial charge is 0.222 e. The highest BCUT2D eigenvalue weighted by Crippen LogP contribution is 2.18. The van der Waals surface area contributed by atoms with Gasteiger partial charge in [0, 0.05) is 0 Å². The van der Waals surface area contributed by atoms with Gasteiger partial charge in [0.1, 0.15) is 0 Å². The first-order valence-corrected chi connectivity index (χ1v) is 28.8. The van der Waals surface area contributed by atoms with Crippen LogP contribution in [0.4, 0.5) is 0 Å². The Morgan fingerprint density at radius 2 is 0.672 bits per heavy atom. The van der Waals surface area contributed by atoms with Crippen molar-refractivity contribution in [1.29, 1.82) is 0 Å². The number of amides is 1. The van der Waals surface area contributed by atoms with E-state index in [9.17, 15) is 20.1 Å². The molecule has 1 amide bonds. The number of nitrogens with one attached hydrogen (secondary N) is 1. The van der Waals surface area contributed by atoms with Crippen molar-refractivity contribution in [2.75, 3.05) is 6.61 Å². The summed E-state index contributed by atoms with van der Waals surface area (Å²) < 4.78 is 0. The third kappa shape index (κ3) is 50.0. The summed E-state index contributed by atoms with van der Waals surface area (Å²) in [6, 6.07) is -0.767. The summed E-state index contributed by atoms with van der Waals surface area (Å²) in [6.45, 7) is 4.23. The Bertz CT molecular complexity index is 993. The maximum absolute atomic E-state index is 12.5. The fraction of sp³-hybridized carbons (Fsp3) is 0.881. The van der Waals surface area contributed by atoms with Crippen molar-refractivity contribution in [3.05, 3.63) is 36.5 Å². The highest BCUT2D eigenvalue weighted by molar-refractivity contribution is 5.76. The minimum Gasteiger partial charge on any atom is -0.394 e. The molecule has 0 saturated carbocycles. The van der Waals surface area contributed by atoms with E-state index >= 15 is 0 Å². The highest BCUT2D eigenvalue weighted by Gasteiger charge is 2.20. The van der Waals surface area contributed by atoms with E-state index in [1.54, 1.807) is 6.08 Å². The van der Waals surface area contributed by atoms with E-state index in [2.05, 4.69) is 43.5 Å². The lowest BCUT2D eigenvalue weighted by molar-refractivity contribution is -0.124. The molecule has 0 spiro atoms. The lowest BCUT2D eigenvalue weighted by Crippen LogP contribution is -2.45. The van der Waals surface area contributed by atoms with Gasteiger partial charge in [0.05, 0.1) is 31.3 Å². The van der Waals surface area contributed by atoms with Gasteiger partial charge in [-0.15, -0.1) is 0 Å². The molecule has 0 fully saturated rings. The molecule has 0 aliphatic rings. The van der Waals surface area contributed by atoms with E-state index in [0.29, 0.717) is 6.42 Å². The first-order valence-electron chi connectivity index (χ1n) is 28.8. The fourth-order valence-electron chi connectivity index (χ4n) is 9.02. The molecule has 64 heavy (non-hydrogen) atoms. The molecular weight excluding hydrogens is 787 g/mol. The summed E-state index contributed by atoms with van der Waals surface area (Å²) in [6.07, 6.45) is 70.6. The highest BCUT2D eigenvalue weighted by atomic mass is 16.3. The molecule has 0 saturated heterocycles. The van der Waals surface area contributed by atoms with Crippen LogP contribution in [0.1, 0.15) is 309 Å². The maximum Gasteiger partial charge on any atom is 0.222 e. The summed E-state index contributed by atoms with van der Waals surface area (Å²) >= 11 is 0. The Kier molecular flexibility index (Phi) is 53.0. The molecule has 4 N–H and O–H groups in total. The molecule has 3 atom stereocenters. The van der Waals surface area contributed by atoms with E-state index in [-0.39, 0.29) is 18.9 Å². The Hall–Kier alpha value is -1.43. The SMILES string of the molecule is CCCCCCCCCCCCCCC/C=C/CC/C=C/CC/C=C/C(O)C(CO)NC(=O)CC(O)CCCCCCCCCCCCCCCCCCCCCCCCCCCC. The zero-order valence-electron chi connectivity index (χ0n) is 43.2. The molecule has 5 nitrogen and oxygen atoms in total. The van der Waals surface area contributed by atoms with Gasteiger partial charge in [-0.3, -0.25) is 4.79 Å². The van der Waals surface area contributed by atoms with E-state index < -0.39 is 18.2 Å². The van der Waals surface area contributed by atoms with Gasteiger partial charge < -0.3 is 20.6 Å². The van der Waals surface area contributed by atoms with Crippen LogP contribution >= 0.6 is 0 Å². The maximum atomic E-state index is 12.5. The molecule has 0 aliphatic carbocycles. The number of hydrogen-bond donors (Lipinski definition) is 4. The lowest BCUT2D eigenvalue weighted by Gasteiger charge is -2.21. The number of allylic oxidation sites excluding steroid dienone is 5. The third-order valence-corrected chi connectivity index (χ3v) is 13.4. The molecule has 5 heteroatoms. The summed E-state index contributed by atoms with van der Waals surface area (Å²) in [5, 5.41) is 33.4. The van der Waals surface area contributed by atoms with Gasteiger partial charge in [0.2, 0.25) is 5.91 Å². The Morgan fingerprint density at radius 1 is 0.391 bits per heavy atom. The van der Waals surface area contributed by atoms with Gasteiger partial charge in [-0.25, -0.2) is 0 Å². The van der Waals surface area contributed by atoms with Crippen molar-refractivity contribution in [2.45, 2.75) is 327 Å². The predicted molar refractivity (Wildman–Crippen MR) is 282 cm³/mol. The topological polar surface area (TPSA) is 89.8 Å². The van der Waals surface area contributed by atoms with Crippen molar-refractivity contribution in [3.63, 3.8) is 0 Å². The van der Waals surface area contributed by atoms with Crippen LogP contribution in [0.2, 0.25) is 0 Å². The third-order valence-electron chi connectivity index (χ3n) is 13.4. The number of aliphatic hydroxyl groups excluding tert-OH is 3. The monoisotopic (exact) mass is 900 g/mol. The summed E-state index contributed by atoms with van der Waals surface area (Å²) in [5.41, 5.74) is 0. The minimum absolute atomic E-state index is 0.00575. The van der Waals surface area contributed by atoms with Gasteiger partial charge in [0.15, 0.2) is 0 Å². The van der Waals surface area contributed by atoms with Crippen LogP contribution in [0.5, 0.6) is 0 Å². The number of carbonyl (C=O) groups excluding carboxylic acids is 1. The first-order chi connectivity index (χ1) is 31.5. The van der Waals surface area contributed by atoms with Crippen molar-refractivity contribution in [3.8, 4) is 0 Å². The normalized spacial score (nSPS) is 13.5. The van der Waals surface area contributed by atoms with E-state index in [1.165, 1.54) is 244 Å². The molecule has 3 unspecified atom stereocenters. The molecule has 0 aromatic carbocycles. The molecule has 0 aromatic rings. The lowest BCUT2D eigenvalue weighted by atomic mass is 10.0. The number of unbranched alkanes of at least 4 members (excludes halogenated alkanes) is 40. The second-order valence-corrected chi connectivity index (χ2v) is 19.9. The van der Waals surface area contributed by atoms with Crippen LogP contribution in [-0.4, -0.2) is 46.1 Å². The summed E-state index contributed by atoms with van der Waals surface area (Å²) in [7, 11) is 0. The molecule has 0 radical (unpaired) electrons. The molecule has 0 aliphatic heterocycles. The summed E-state index contributed by atoms with van der Waals surface area (Å²) in [4.78, 5) is 12.5. The minimum atomic E-state index is -0.959. The number of rotatable bonds is 53. The van der Waals surface area contributed by atoms with Crippen LogP contribution in [0.3, 0.4) is 0 Å².